The fraction of sp³-hybridized carbons (Fsp3) is 0.667. The number of aromatic hydroxyl groups is 1. The minimum atomic E-state index is -6.00. The predicted molar refractivity (Wildman–Crippen MR) is 122 cm³/mol. The average Bonchev–Trinajstić information content (AvgIpc) is 3.11. The fourth-order valence-electron chi connectivity index (χ4n) is 6.70. The second kappa shape index (κ2) is 10.7. The van der Waals surface area contributed by atoms with Gasteiger partial charge in [0, 0.05) is 24.3 Å². The number of benzene rings is 1. The van der Waals surface area contributed by atoms with Crippen molar-refractivity contribution in [2.45, 2.75) is 61.8 Å². The summed E-state index contributed by atoms with van der Waals surface area (Å²) in [4.78, 5) is 13.6. The molecule has 2 fully saturated rings. The number of hydrogen-bond donors (Lipinski definition) is 3. The Hall–Kier alpha value is -2.26. The Kier molecular flexibility index (Phi) is 8.54. The predicted octanol–water partition coefficient (Wildman–Crippen LogP) is 3.86. The first kappa shape index (κ1) is 30.3. The number of halogens is 8. The Morgan fingerprint density at radius 1 is 1.16 bits per heavy atom. The van der Waals surface area contributed by atoms with Gasteiger partial charge in [0.1, 0.15) is 6.10 Å². The fourth-order valence-corrected chi connectivity index (χ4v) is 6.70. The zero-order valence-corrected chi connectivity index (χ0v) is 20.6. The van der Waals surface area contributed by atoms with E-state index in [1.807, 2.05) is 13.0 Å². The van der Waals surface area contributed by atoms with Crippen LogP contribution in [0.4, 0.5) is 34.5 Å². The summed E-state index contributed by atoms with van der Waals surface area (Å²) in [6, 6.07) is 3.91. The molecule has 4 aliphatic rings. The van der Waals surface area contributed by atoms with Crippen molar-refractivity contribution in [3.63, 3.8) is 0 Å². The van der Waals surface area contributed by atoms with E-state index in [0.29, 0.717) is 12.4 Å². The molecule has 3 N–H and O–H groups in total. The first-order valence-corrected chi connectivity index (χ1v) is 12.0. The van der Waals surface area contributed by atoms with E-state index in [2.05, 4.69) is 17.3 Å². The van der Waals surface area contributed by atoms with Crippen LogP contribution in [0.1, 0.15) is 37.3 Å². The number of carboxylic acids is 1. The van der Waals surface area contributed by atoms with Gasteiger partial charge in [-0.05, 0) is 57.8 Å². The monoisotopic (exact) mass is 562 g/mol. The molecule has 38 heavy (non-hydrogen) atoms. The second-order valence-electron chi connectivity index (χ2n) is 9.64. The number of piperidine rings is 1. The number of rotatable bonds is 5. The molecule has 0 radical (unpaired) electrons. The highest BCUT2D eigenvalue weighted by molar-refractivity contribution is 6.50. The van der Waals surface area contributed by atoms with Gasteiger partial charge in [0.15, 0.2) is 11.5 Å². The van der Waals surface area contributed by atoms with Crippen molar-refractivity contribution in [3.05, 3.63) is 23.3 Å². The lowest BCUT2D eigenvalue weighted by Gasteiger charge is -2.65. The van der Waals surface area contributed by atoms with E-state index in [0.717, 1.165) is 37.8 Å². The Morgan fingerprint density at radius 3 is 2.32 bits per heavy atom. The van der Waals surface area contributed by atoms with E-state index in [4.69, 9.17) is 9.47 Å². The van der Waals surface area contributed by atoms with Crippen LogP contribution in [0.5, 0.6) is 11.5 Å². The molecule has 7 nitrogen and oxygen atoms in total. The molecular weight excluding hydrogens is 534 g/mol. The van der Waals surface area contributed by atoms with Crippen molar-refractivity contribution in [1.82, 2.24) is 10.2 Å². The van der Waals surface area contributed by atoms with Gasteiger partial charge in [-0.25, -0.2) is 0 Å². The number of nitrogens with one attached hydrogen (secondary N) is 1. The Morgan fingerprint density at radius 2 is 1.76 bits per heavy atom. The molecule has 0 aromatic heterocycles. The second-order valence-corrected chi connectivity index (χ2v) is 9.64. The minimum absolute atomic E-state index is 0.0912. The Balaban J connectivity index is 0.000000344. The van der Waals surface area contributed by atoms with E-state index in [9.17, 15) is 49.5 Å². The van der Waals surface area contributed by atoms with Crippen LogP contribution in [0.2, 0.25) is 0 Å². The molecule has 5 rings (SSSR count). The van der Waals surface area contributed by atoms with Gasteiger partial charge in [-0.15, -0.1) is 0 Å². The molecule has 2 aliphatic carbocycles. The number of likely N-dealkylation sites (tertiary alicyclic amines) is 1. The molecule has 2 heterocycles. The first-order valence-electron chi connectivity index (χ1n) is 12.0. The largest absolute Gasteiger partial charge is 0.673 e. The van der Waals surface area contributed by atoms with Crippen molar-refractivity contribution in [1.29, 1.82) is 0 Å². The van der Waals surface area contributed by atoms with Crippen LogP contribution >= 0.6 is 0 Å². The number of phenols is 1. The van der Waals surface area contributed by atoms with Gasteiger partial charge in [-0.2, -0.15) is 0 Å². The molecule has 1 spiro atoms. The molecule has 1 saturated heterocycles. The molecule has 216 valence electrons. The summed E-state index contributed by atoms with van der Waals surface area (Å²) in [6.45, 7) is 3.50. The third-order valence-electron chi connectivity index (χ3n) is 7.61. The summed E-state index contributed by atoms with van der Waals surface area (Å²) in [5.74, 6) is -0.121. The normalized spacial score (nSPS) is 31.2. The number of phenolic OH excluding ortho intramolecular Hbond substituents is 1. The Labute approximate surface area is 213 Å². The van der Waals surface area contributed by atoms with Crippen molar-refractivity contribution < 1.29 is 59.0 Å². The molecule has 17 heteroatoms. The summed E-state index contributed by atoms with van der Waals surface area (Å²) in [7, 11) is -9.83. The van der Waals surface area contributed by atoms with Crippen molar-refractivity contribution in [3.8, 4) is 11.5 Å². The maximum atomic E-state index is 11.2. The van der Waals surface area contributed by atoms with Gasteiger partial charge in [0.25, 0.3) is 0 Å². The smallest absolute Gasteiger partial charge is 0.504 e. The maximum absolute atomic E-state index is 11.2. The van der Waals surface area contributed by atoms with Crippen LogP contribution in [-0.2, 0) is 21.4 Å². The van der Waals surface area contributed by atoms with Gasteiger partial charge >= 0.3 is 20.5 Å². The van der Waals surface area contributed by atoms with Crippen LogP contribution < -0.4 is 10.1 Å². The average molecular weight is 562 g/mol. The van der Waals surface area contributed by atoms with Crippen LogP contribution in [0.3, 0.4) is 0 Å². The van der Waals surface area contributed by atoms with Crippen molar-refractivity contribution in [2.24, 2.45) is 0 Å². The lowest BCUT2D eigenvalue weighted by atomic mass is 9.48. The van der Waals surface area contributed by atoms with Gasteiger partial charge in [0.2, 0.25) is 0 Å². The number of aliphatic carboxylic acids is 1. The van der Waals surface area contributed by atoms with E-state index >= 15 is 0 Å². The van der Waals surface area contributed by atoms with E-state index in [-0.39, 0.29) is 41.5 Å². The standard InChI is InChI=1S/C21H28N2O5.2BF4/c1-3-27-21-7-6-13(22-11-16(25)26)19-20(21)8-9-23(2)15(21)10-12-4-5-14(24)18(28-19)17(12)20;2*2-1(3,4)5/h4-5,13,15,19,22,24H,3,6-11H2,1-2H3,(H,25,26);;/q;2*-1/t13-,15?,19-,20?,21+;;/m0../s1. The summed E-state index contributed by atoms with van der Waals surface area (Å²) >= 11 is 0. The zero-order valence-electron chi connectivity index (χ0n) is 20.6. The van der Waals surface area contributed by atoms with Gasteiger partial charge in [-0.3, -0.25) is 4.79 Å². The number of ether oxygens (including phenoxy) is 2. The lowest BCUT2D eigenvalue weighted by molar-refractivity contribution is -0.214. The molecule has 2 unspecified atom stereocenters. The summed E-state index contributed by atoms with van der Waals surface area (Å²) < 4.78 is 91.1. The number of carbonyl (C=O) groups is 1. The van der Waals surface area contributed by atoms with Crippen LogP contribution in [0.25, 0.3) is 0 Å². The summed E-state index contributed by atoms with van der Waals surface area (Å²) in [6.07, 6.45) is 3.14. The molecule has 1 saturated carbocycles. The Bertz CT molecular complexity index is 1010. The highest BCUT2D eigenvalue weighted by atomic mass is 19.5. The highest BCUT2D eigenvalue weighted by Crippen LogP contribution is 2.66. The quantitative estimate of drug-likeness (QED) is 0.371. The van der Waals surface area contributed by atoms with E-state index in [1.54, 1.807) is 6.07 Å². The molecule has 0 amide bonds. The van der Waals surface area contributed by atoms with Crippen molar-refractivity contribution in [2.75, 3.05) is 26.7 Å². The van der Waals surface area contributed by atoms with Crippen LogP contribution in [-0.4, -0.2) is 86.1 Å². The van der Waals surface area contributed by atoms with Gasteiger partial charge < -0.3 is 64.4 Å². The molecular formula is C21H28B2F8N2O5-2. The molecule has 2 bridgehead atoms. The zero-order chi connectivity index (χ0) is 28.7. The molecule has 1 aromatic rings. The maximum Gasteiger partial charge on any atom is 0.673 e. The van der Waals surface area contributed by atoms with Crippen LogP contribution in [0, 0.1) is 0 Å². The lowest BCUT2D eigenvalue weighted by Crippen LogP contribution is -2.78. The third kappa shape index (κ3) is 5.83. The van der Waals surface area contributed by atoms with E-state index in [1.165, 1.54) is 5.56 Å². The number of carboxylic acid groups (broad SMARTS) is 1. The number of hydrogen-bond acceptors (Lipinski definition) is 6. The number of nitrogens with zero attached hydrogens (tertiary/aromatic N) is 1. The van der Waals surface area contributed by atoms with Crippen molar-refractivity contribution >= 4 is 20.5 Å². The number of likely N-dealkylation sites (N-methyl/N-ethyl adjacent to an activating group) is 1. The molecule has 2 aliphatic heterocycles. The van der Waals surface area contributed by atoms with E-state index < -0.39 is 20.5 Å². The SMILES string of the molecule is CCO[C@@]12CC[C@H](NCC(=O)O)[C@@H]3Oc4c(O)ccc5c4C31CCN(C)C2C5.F[B-](F)(F)F.F[B-](F)(F)F. The molecule has 1 aromatic carbocycles. The summed E-state index contributed by atoms with van der Waals surface area (Å²) in [5.41, 5.74) is 1.58. The summed E-state index contributed by atoms with van der Waals surface area (Å²) in [5, 5.41) is 23.0. The first-order chi connectivity index (χ1) is 17.4. The highest BCUT2D eigenvalue weighted by Gasteiger charge is 2.73. The van der Waals surface area contributed by atoms with Crippen LogP contribution in [0.15, 0.2) is 12.1 Å². The third-order valence-corrected chi connectivity index (χ3v) is 7.61. The minimum Gasteiger partial charge on any atom is -0.504 e. The topological polar surface area (TPSA) is 91.3 Å². The van der Waals surface area contributed by atoms with Gasteiger partial charge in [0.05, 0.1) is 17.6 Å². The van der Waals surface area contributed by atoms with Gasteiger partial charge in [-0.1, -0.05) is 6.07 Å². The molecule has 5 atom stereocenters.